The topological polar surface area (TPSA) is 57.3 Å². The molecule has 1 aromatic heterocycles. The van der Waals surface area contributed by atoms with Crippen molar-refractivity contribution in [3.63, 3.8) is 0 Å². The number of hydrogen-bond donors (Lipinski definition) is 2. The number of carbonyl (C=O) groups excluding carboxylic acids is 1. The van der Waals surface area contributed by atoms with Gasteiger partial charge in [-0.05, 0) is 63.2 Å². The van der Waals surface area contributed by atoms with Crippen molar-refractivity contribution in [2.24, 2.45) is 5.92 Å². The van der Waals surface area contributed by atoms with Crippen LogP contribution in [0.25, 0.3) is 0 Å². The number of carbonyl (C=O) groups is 1. The summed E-state index contributed by atoms with van der Waals surface area (Å²) in [6.07, 6.45) is 7.83. The molecule has 0 radical (unpaired) electrons. The van der Waals surface area contributed by atoms with Gasteiger partial charge in [0.15, 0.2) is 0 Å². The number of anilines is 1. The van der Waals surface area contributed by atoms with Crippen LogP contribution in [0.5, 0.6) is 0 Å². The van der Waals surface area contributed by atoms with E-state index in [-0.39, 0.29) is 5.91 Å². The number of nitrogens with one attached hydrogen (secondary N) is 2. The number of aromatic nitrogens is 1. The van der Waals surface area contributed by atoms with Gasteiger partial charge in [0, 0.05) is 25.8 Å². The van der Waals surface area contributed by atoms with Crippen molar-refractivity contribution in [2.75, 3.05) is 37.6 Å². The summed E-state index contributed by atoms with van der Waals surface area (Å²) in [5, 5.41) is 6.49. The van der Waals surface area contributed by atoms with Crippen molar-refractivity contribution in [2.45, 2.75) is 32.1 Å². The second-order valence-corrected chi connectivity index (χ2v) is 6.34. The zero-order valence-corrected chi connectivity index (χ0v) is 13.2. The third-order valence-corrected chi connectivity index (χ3v) is 4.64. The third kappa shape index (κ3) is 3.77. The van der Waals surface area contributed by atoms with E-state index < -0.39 is 0 Å². The molecule has 1 unspecified atom stereocenters. The largest absolute Gasteiger partial charge is 0.356 e. The van der Waals surface area contributed by atoms with Gasteiger partial charge in [0.25, 0.3) is 5.91 Å². The summed E-state index contributed by atoms with van der Waals surface area (Å²) >= 11 is 0. The molecule has 0 aromatic carbocycles. The van der Waals surface area contributed by atoms with Gasteiger partial charge >= 0.3 is 0 Å². The van der Waals surface area contributed by atoms with E-state index in [0.717, 1.165) is 38.5 Å². The molecule has 3 rings (SSSR count). The maximum atomic E-state index is 12.6. The Balaban J connectivity index is 1.63. The predicted octanol–water partition coefficient (Wildman–Crippen LogP) is 1.80. The van der Waals surface area contributed by atoms with Crippen LogP contribution in [0.15, 0.2) is 18.3 Å². The zero-order chi connectivity index (χ0) is 15.2. The number of piperidine rings is 2. The third-order valence-electron chi connectivity index (χ3n) is 4.64. The summed E-state index contributed by atoms with van der Waals surface area (Å²) in [5.74, 6) is 1.41. The van der Waals surface area contributed by atoms with Gasteiger partial charge in [-0.2, -0.15) is 0 Å². The molecule has 2 fully saturated rings. The SMILES string of the molecule is O=C(NCC1CCCNC1)c1cccnc1N1CCCCC1. The lowest BCUT2D eigenvalue weighted by atomic mass is 9.99. The first-order valence-corrected chi connectivity index (χ1v) is 8.53. The Morgan fingerprint density at radius 3 is 2.95 bits per heavy atom. The van der Waals surface area contributed by atoms with Crippen molar-refractivity contribution in [1.82, 2.24) is 15.6 Å². The molecular formula is C17H26N4O. The van der Waals surface area contributed by atoms with E-state index in [0.29, 0.717) is 11.5 Å². The summed E-state index contributed by atoms with van der Waals surface area (Å²) in [6.45, 7) is 4.87. The highest BCUT2D eigenvalue weighted by Gasteiger charge is 2.20. The van der Waals surface area contributed by atoms with E-state index in [4.69, 9.17) is 0 Å². The van der Waals surface area contributed by atoms with E-state index in [9.17, 15) is 4.79 Å². The fourth-order valence-electron chi connectivity index (χ4n) is 3.36. The molecule has 1 aromatic rings. The second kappa shape index (κ2) is 7.58. The monoisotopic (exact) mass is 302 g/mol. The summed E-state index contributed by atoms with van der Waals surface area (Å²) < 4.78 is 0. The van der Waals surface area contributed by atoms with Crippen LogP contribution in [0.2, 0.25) is 0 Å². The van der Waals surface area contributed by atoms with E-state index >= 15 is 0 Å². The van der Waals surface area contributed by atoms with Crippen LogP contribution in [-0.4, -0.2) is 43.6 Å². The Bertz CT molecular complexity index is 493. The number of pyridine rings is 1. The van der Waals surface area contributed by atoms with Gasteiger partial charge in [0.2, 0.25) is 0 Å². The minimum Gasteiger partial charge on any atom is -0.356 e. The molecule has 1 amide bonds. The van der Waals surface area contributed by atoms with Crippen molar-refractivity contribution >= 4 is 11.7 Å². The van der Waals surface area contributed by atoms with Crippen molar-refractivity contribution in [3.8, 4) is 0 Å². The highest BCUT2D eigenvalue weighted by atomic mass is 16.1. The van der Waals surface area contributed by atoms with Crippen LogP contribution >= 0.6 is 0 Å². The molecule has 3 heterocycles. The Labute approximate surface area is 132 Å². The standard InChI is InChI=1S/C17H26N4O/c22-17(20-13-14-6-4-8-18-12-14)15-7-5-9-19-16(15)21-10-2-1-3-11-21/h5,7,9,14,18H,1-4,6,8,10-13H2,(H,20,22). The van der Waals surface area contributed by atoms with Gasteiger partial charge in [-0.15, -0.1) is 0 Å². The summed E-state index contributed by atoms with van der Waals surface area (Å²) in [5.41, 5.74) is 0.716. The minimum atomic E-state index is 0.0132. The quantitative estimate of drug-likeness (QED) is 0.890. The predicted molar refractivity (Wildman–Crippen MR) is 88.2 cm³/mol. The molecule has 2 aliphatic rings. The molecular weight excluding hydrogens is 276 g/mol. The number of hydrogen-bond acceptors (Lipinski definition) is 4. The normalized spacial score (nSPS) is 22.4. The molecule has 2 aliphatic heterocycles. The summed E-state index contributed by atoms with van der Waals surface area (Å²) in [4.78, 5) is 19.3. The maximum Gasteiger partial charge on any atom is 0.255 e. The van der Waals surface area contributed by atoms with Crippen LogP contribution in [0, 0.1) is 5.92 Å². The van der Waals surface area contributed by atoms with Crippen LogP contribution in [0.3, 0.4) is 0 Å². The highest BCUT2D eigenvalue weighted by molar-refractivity contribution is 5.98. The Morgan fingerprint density at radius 2 is 2.18 bits per heavy atom. The molecule has 2 saturated heterocycles. The van der Waals surface area contributed by atoms with Crippen LogP contribution in [-0.2, 0) is 0 Å². The summed E-state index contributed by atoms with van der Waals surface area (Å²) in [6, 6.07) is 3.75. The van der Waals surface area contributed by atoms with Gasteiger partial charge < -0.3 is 15.5 Å². The minimum absolute atomic E-state index is 0.0132. The molecule has 2 N–H and O–H groups in total. The fourth-order valence-corrected chi connectivity index (χ4v) is 3.36. The number of nitrogens with zero attached hydrogens (tertiary/aromatic N) is 2. The average molecular weight is 302 g/mol. The molecule has 0 saturated carbocycles. The van der Waals surface area contributed by atoms with Gasteiger partial charge in [0.1, 0.15) is 5.82 Å². The molecule has 0 bridgehead atoms. The van der Waals surface area contributed by atoms with Crippen LogP contribution in [0.1, 0.15) is 42.5 Å². The van der Waals surface area contributed by atoms with Gasteiger partial charge in [-0.3, -0.25) is 4.79 Å². The van der Waals surface area contributed by atoms with Gasteiger partial charge in [-0.1, -0.05) is 0 Å². The van der Waals surface area contributed by atoms with Crippen LogP contribution in [0.4, 0.5) is 5.82 Å². The van der Waals surface area contributed by atoms with Crippen LogP contribution < -0.4 is 15.5 Å². The smallest absolute Gasteiger partial charge is 0.255 e. The van der Waals surface area contributed by atoms with E-state index in [1.165, 1.54) is 32.1 Å². The number of rotatable bonds is 4. The van der Waals surface area contributed by atoms with Crippen molar-refractivity contribution < 1.29 is 4.79 Å². The second-order valence-electron chi connectivity index (χ2n) is 6.34. The summed E-state index contributed by atoms with van der Waals surface area (Å²) in [7, 11) is 0. The van der Waals surface area contributed by atoms with Gasteiger partial charge in [0.05, 0.1) is 5.56 Å². The first-order chi connectivity index (χ1) is 10.8. The molecule has 5 heteroatoms. The van der Waals surface area contributed by atoms with E-state index in [1.807, 2.05) is 12.1 Å². The fraction of sp³-hybridized carbons (Fsp3) is 0.647. The molecule has 0 spiro atoms. The van der Waals surface area contributed by atoms with Crippen molar-refractivity contribution in [1.29, 1.82) is 0 Å². The zero-order valence-electron chi connectivity index (χ0n) is 13.2. The highest BCUT2D eigenvalue weighted by Crippen LogP contribution is 2.21. The van der Waals surface area contributed by atoms with E-state index in [2.05, 4.69) is 20.5 Å². The Morgan fingerprint density at radius 1 is 1.32 bits per heavy atom. The van der Waals surface area contributed by atoms with Gasteiger partial charge in [-0.25, -0.2) is 4.98 Å². The first kappa shape index (κ1) is 15.3. The van der Waals surface area contributed by atoms with E-state index in [1.54, 1.807) is 6.20 Å². The molecule has 120 valence electrons. The van der Waals surface area contributed by atoms with Crippen molar-refractivity contribution in [3.05, 3.63) is 23.9 Å². The Kier molecular flexibility index (Phi) is 5.27. The average Bonchev–Trinajstić information content (AvgIpc) is 2.61. The Hall–Kier alpha value is -1.62. The molecule has 1 atom stereocenters. The maximum absolute atomic E-state index is 12.6. The first-order valence-electron chi connectivity index (χ1n) is 8.53. The lowest BCUT2D eigenvalue weighted by Crippen LogP contribution is -2.39. The lowest BCUT2D eigenvalue weighted by molar-refractivity contribution is 0.0945. The number of amides is 1. The molecule has 5 nitrogen and oxygen atoms in total. The molecule has 0 aliphatic carbocycles. The lowest BCUT2D eigenvalue weighted by Gasteiger charge is -2.29. The molecule has 22 heavy (non-hydrogen) atoms.